The molecule has 6 heteroatoms. The summed E-state index contributed by atoms with van der Waals surface area (Å²) in [5.74, 6) is 0. The van der Waals surface area contributed by atoms with E-state index in [0.29, 0.717) is 12.2 Å². The lowest BCUT2D eigenvalue weighted by atomic mass is 9.90. The van der Waals surface area contributed by atoms with E-state index in [1.54, 1.807) is 6.20 Å². The topological polar surface area (TPSA) is 59.0 Å². The van der Waals surface area contributed by atoms with Gasteiger partial charge in [0.1, 0.15) is 5.02 Å². The van der Waals surface area contributed by atoms with Crippen molar-refractivity contribution in [3.63, 3.8) is 0 Å². The molecule has 0 unspecified atom stereocenters. The van der Waals surface area contributed by atoms with Gasteiger partial charge in [-0.3, -0.25) is 4.79 Å². The minimum atomic E-state index is -0.235. The molecule has 1 aromatic heterocycles. The van der Waals surface area contributed by atoms with Crippen LogP contribution in [-0.2, 0) is 6.54 Å². The van der Waals surface area contributed by atoms with Gasteiger partial charge >= 0.3 is 0 Å². The first-order chi connectivity index (χ1) is 8.56. The molecular weight excluding hydrogens is 252 g/mol. The summed E-state index contributed by atoms with van der Waals surface area (Å²) in [6, 6.07) is 0. The number of aromatic nitrogens is 2. The van der Waals surface area contributed by atoms with E-state index in [4.69, 9.17) is 11.6 Å². The highest BCUT2D eigenvalue weighted by Gasteiger charge is 2.27. The largest absolute Gasteiger partial charge is 0.377 e. The molecule has 100 valence electrons. The Morgan fingerprint density at radius 1 is 1.56 bits per heavy atom. The number of aryl methyl sites for hydroxylation is 1. The fraction of sp³-hybridized carbons (Fsp3) is 0.667. The summed E-state index contributed by atoms with van der Waals surface area (Å²) in [5, 5.41) is 11.0. The molecule has 18 heavy (non-hydrogen) atoms. The molecule has 1 aromatic rings. The van der Waals surface area contributed by atoms with E-state index < -0.39 is 0 Å². The first kappa shape index (κ1) is 13.4. The van der Waals surface area contributed by atoms with Crippen LogP contribution in [0.1, 0.15) is 26.7 Å². The molecule has 2 heterocycles. The second-order valence-corrected chi connectivity index (χ2v) is 5.31. The Kier molecular flexibility index (Phi) is 3.92. The third-order valence-electron chi connectivity index (χ3n) is 3.43. The molecule has 2 N–H and O–H groups in total. The van der Waals surface area contributed by atoms with Crippen molar-refractivity contribution < 1.29 is 0 Å². The maximum absolute atomic E-state index is 11.9. The molecule has 0 bridgehead atoms. The maximum Gasteiger partial charge on any atom is 0.287 e. The quantitative estimate of drug-likeness (QED) is 0.873. The molecule has 0 aromatic carbocycles. The minimum absolute atomic E-state index is 0.0264. The summed E-state index contributed by atoms with van der Waals surface area (Å²) in [6.07, 6.45) is 3.64. The van der Waals surface area contributed by atoms with Crippen molar-refractivity contribution in [2.24, 2.45) is 0 Å². The van der Waals surface area contributed by atoms with Crippen molar-refractivity contribution in [1.82, 2.24) is 15.1 Å². The van der Waals surface area contributed by atoms with Gasteiger partial charge in [-0.25, -0.2) is 4.68 Å². The van der Waals surface area contributed by atoms with Gasteiger partial charge in [0.25, 0.3) is 5.56 Å². The van der Waals surface area contributed by atoms with Gasteiger partial charge in [0.05, 0.1) is 11.9 Å². The zero-order valence-corrected chi connectivity index (χ0v) is 11.5. The van der Waals surface area contributed by atoms with Crippen LogP contribution >= 0.6 is 11.6 Å². The molecule has 1 fully saturated rings. The summed E-state index contributed by atoms with van der Waals surface area (Å²) in [5.41, 5.74) is 0.374. The third-order valence-corrected chi connectivity index (χ3v) is 3.79. The average molecular weight is 271 g/mol. The van der Waals surface area contributed by atoms with Crippen LogP contribution < -0.4 is 16.2 Å². The first-order valence-corrected chi connectivity index (χ1v) is 6.68. The van der Waals surface area contributed by atoms with Gasteiger partial charge in [-0.2, -0.15) is 5.10 Å². The summed E-state index contributed by atoms with van der Waals surface area (Å²) in [7, 11) is 0. The van der Waals surface area contributed by atoms with Crippen molar-refractivity contribution in [2.75, 3.05) is 18.4 Å². The van der Waals surface area contributed by atoms with E-state index in [9.17, 15) is 4.79 Å². The van der Waals surface area contributed by atoms with Gasteiger partial charge in [-0.1, -0.05) is 11.6 Å². The predicted molar refractivity (Wildman–Crippen MR) is 73.3 cm³/mol. The third kappa shape index (κ3) is 2.67. The molecule has 0 aliphatic carbocycles. The van der Waals surface area contributed by atoms with Crippen molar-refractivity contribution in [3.05, 3.63) is 21.6 Å². The number of piperidine rings is 1. The fourth-order valence-corrected chi connectivity index (χ4v) is 2.40. The monoisotopic (exact) mass is 270 g/mol. The SMILES string of the molecule is CCn1ncc(NC2(C)CCNCC2)c(Cl)c1=O. The van der Waals surface area contributed by atoms with E-state index in [0.717, 1.165) is 25.9 Å². The van der Waals surface area contributed by atoms with E-state index >= 15 is 0 Å². The maximum atomic E-state index is 11.9. The standard InChI is InChI=1S/C12H19ClN4O/c1-3-17-11(18)10(13)9(8-15-17)16-12(2)4-6-14-7-5-12/h8,14,16H,3-7H2,1-2H3. The Bertz CT molecular complexity index is 479. The van der Waals surface area contributed by atoms with Gasteiger partial charge in [-0.15, -0.1) is 0 Å². The highest BCUT2D eigenvalue weighted by atomic mass is 35.5. The molecule has 0 saturated carbocycles. The molecule has 0 atom stereocenters. The highest BCUT2D eigenvalue weighted by molar-refractivity contribution is 6.32. The van der Waals surface area contributed by atoms with Crippen LogP contribution in [0, 0.1) is 0 Å². The number of halogens is 1. The summed E-state index contributed by atoms with van der Waals surface area (Å²) in [4.78, 5) is 11.9. The van der Waals surface area contributed by atoms with Crippen LogP contribution in [0.25, 0.3) is 0 Å². The van der Waals surface area contributed by atoms with Gasteiger partial charge < -0.3 is 10.6 Å². The summed E-state index contributed by atoms with van der Waals surface area (Å²) >= 11 is 6.11. The Morgan fingerprint density at radius 2 is 2.22 bits per heavy atom. The van der Waals surface area contributed by atoms with E-state index in [2.05, 4.69) is 22.7 Å². The number of nitrogens with zero attached hydrogens (tertiary/aromatic N) is 2. The van der Waals surface area contributed by atoms with Crippen LogP contribution in [0.4, 0.5) is 5.69 Å². The Balaban J connectivity index is 2.24. The molecule has 5 nitrogen and oxygen atoms in total. The zero-order valence-electron chi connectivity index (χ0n) is 10.8. The van der Waals surface area contributed by atoms with Gasteiger partial charge in [0, 0.05) is 12.1 Å². The van der Waals surface area contributed by atoms with Crippen LogP contribution in [0.5, 0.6) is 0 Å². The predicted octanol–water partition coefficient (Wildman–Crippen LogP) is 1.47. The molecular formula is C12H19ClN4O. The summed E-state index contributed by atoms with van der Waals surface area (Å²) < 4.78 is 1.36. The van der Waals surface area contributed by atoms with Crippen molar-refractivity contribution in [3.8, 4) is 0 Å². The minimum Gasteiger partial charge on any atom is -0.377 e. The molecule has 0 radical (unpaired) electrons. The highest BCUT2D eigenvalue weighted by Crippen LogP contribution is 2.26. The lowest BCUT2D eigenvalue weighted by Gasteiger charge is -2.36. The smallest absolute Gasteiger partial charge is 0.287 e. The van der Waals surface area contributed by atoms with Crippen LogP contribution in [0.2, 0.25) is 5.02 Å². The Labute approximate surface area is 112 Å². The van der Waals surface area contributed by atoms with Gasteiger partial charge in [0.2, 0.25) is 0 Å². The second-order valence-electron chi connectivity index (χ2n) is 4.93. The number of nitrogens with one attached hydrogen (secondary N) is 2. The van der Waals surface area contributed by atoms with Crippen LogP contribution in [0.15, 0.2) is 11.0 Å². The normalized spacial score (nSPS) is 18.6. The van der Waals surface area contributed by atoms with Crippen molar-refractivity contribution in [2.45, 2.75) is 38.8 Å². The molecule has 1 aliphatic heterocycles. The number of rotatable bonds is 3. The van der Waals surface area contributed by atoms with E-state index in [-0.39, 0.29) is 16.1 Å². The molecule has 0 amide bonds. The van der Waals surface area contributed by atoms with Crippen molar-refractivity contribution >= 4 is 17.3 Å². The zero-order chi connectivity index (χ0) is 13.2. The van der Waals surface area contributed by atoms with Crippen LogP contribution in [0.3, 0.4) is 0 Å². The average Bonchev–Trinajstić information content (AvgIpc) is 2.36. The number of anilines is 1. The Morgan fingerprint density at radius 3 is 2.83 bits per heavy atom. The lowest BCUT2D eigenvalue weighted by molar-refractivity contribution is 0.365. The second kappa shape index (κ2) is 5.28. The molecule has 1 saturated heterocycles. The Hall–Kier alpha value is -1.07. The van der Waals surface area contributed by atoms with E-state index in [1.807, 2.05) is 6.92 Å². The summed E-state index contributed by atoms with van der Waals surface area (Å²) in [6.45, 7) is 6.49. The number of hydrogen-bond donors (Lipinski definition) is 2. The van der Waals surface area contributed by atoms with Gasteiger partial charge in [-0.05, 0) is 39.8 Å². The van der Waals surface area contributed by atoms with Gasteiger partial charge in [0.15, 0.2) is 0 Å². The molecule has 2 rings (SSSR count). The first-order valence-electron chi connectivity index (χ1n) is 6.30. The lowest BCUT2D eigenvalue weighted by Crippen LogP contribution is -2.45. The number of hydrogen-bond acceptors (Lipinski definition) is 4. The van der Waals surface area contributed by atoms with Crippen molar-refractivity contribution in [1.29, 1.82) is 0 Å². The molecule has 0 spiro atoms. The van der Waals surface area contributed by atoms with E-state index in [1.165, 1.54) is 4.68 Å². The fourth-order valence-electron chi connectivity index (χ4n) is 2.21. The van der Waals surface area contributed by atoms with Crippen LogP contribution in [-0.4, -0.2) is 28.4 Å². The molecule has 1 aliphatic rings.